The molecule has 21 heavy (non-hydrogen) atoms. The van der Waals surface area contributed by atoms with Gasteiger partial charge in [0.2, 0.25) is 0 Å². The Kier molecular flexibility index (Phi) is 6.53. The molecule has 112 valence electrons. The summed E-state index contributed by atoms with van der Waals surface area (Å²) in [6, 6.07) is 18.2. The minimum absolute atomic E-state index is 1.14. The lowest BCUT2D eigenvalue weighted by Crippen LogP contribution is -1.90. The molecular weight excluding hydrogens is 252 g/mol. The fourth-order valence-corrected chi connectivity index (χ4v) is 2.72. The number of hydrogen-bond acceptors (Lipinski definition) is 0. The first kappa shape index (κ1) is 15.8. The minimum atomic E-state index is 1.14. The van der Waals surface area contributed by atoms with E-state index in [2.05, 4.69) is 62.4 Å². The Morgan fingerprint density at radius 1 is 0.476 bits per heavy atom. The third-order valence-corrected chi connectivity index (χ3v) is 4.29. The van der Waals surface area contributed by atoms with Crippen molar-refractivity contribution in [2.45, 2.75) is 58.8 Å². The van der Waals surface area contributed by atoms with E-state index in [4.69, 9.17) is 0 Å². The van der Waals surface area contributed by atoms with Crippen molar-refractivity contribution in [3.8, 4) is 0 Å². The zero-order valence-corrected chi connectivity index (χ0v) is 13.6. The van der Waals surface area contributed by atoms with E-state index in [0.29, 0.717) is 0 Å². The summed E-state index contributed by atoms with van der Waals surface area (Å²) in [7, 11) is 0. The molecule has 0 fully saturated rings. The van der Waals surface area contributed by atoms with Crippen LogP contribution in [0.25, 0.3) is 0 Å². The summed E-state index contributed by atoms with van der Waals surface area (Å²) in [6.07, 6.45) is 8.65. The highest BCUT2D eigenvalue weighted by Crippen LogP contribution is 2.12. The van der Waals surface area contributed by atoms with Crippen LogP contribution in [0, 0.1) is 0 Å². The molecule has 0 saturated carbocycles. The van der Waals surface area contributed by atoms with E-state index >= 15 is 0 Å². The van der Waals surface area contributed by atoms with Crippen molar-refractivity contribution in [1.82, 2.24) is 0 Å². The van der Waals surface area contributed by atoms with E-state index in [9.17, 15) is 0 Å². The van der Waals surface area contributed by atoms with E-state index in [0.717, 1.165) is 12.8 Å². The van der Waals surface area contributed by atoms with E-state index in [1.807, 2.05) is 0 Å². The lowest BCUT2D eigenvalue weighted by Gasteiger charge is -2.05. The summed E-state index contributed by atoms with van der Waals surface area (Å²) >= 11 is 0. The Labute approximate surface area is 130 Å². The molecule has 0 nitrogen and oxygen atoms in total. The fourth-order valence-electron chi connectivity index (χ4n) is 2.72. The van der Waals surface area contributed by atoms with Gasteiger partial charge in [-0.25, -0.2) is 0 Å². The number of rotatable bonds is 8. The van der Waals surface area contributed by atoms with Crippen molar-refractivity contribution in [3.05, 3.63) is 70.8 Å². The second-order valence-electron chi connectivity index (χ2n) is 5.90. The molecule has 0 aliphatic heterocycles. The molecule has 0 aliphatic rings. The first-order chi connectivity index (χ1) is 10.3. The fraction of sp³-hybridized carbons (Fsp3) is 0.429. The highest BCUT2D eigenvalue weighted by atomic mass is 14.0. The molecule has 2 aromatic rings. The Balaban J connectivity index is 1.64. The van der Waals surface area contributed by atoms with Gasteiger partial charge in [-0.2, -0.15) is 0 Å². The molecule has 0 saturated heterocycles. The average molecular weight is 280 g/mol. The molecule has 0 aromatic heterocycles. The normalized spacial score (nSPS) is 10.8. The van der Waals surface area contributed by atoms with Crippen LogP contribution in [0.3, 0.4) is 0 Å². The van der Waals surface area contributed by atoms with Gasteiger partial charge in [-0.15, -0.1) is 0 Å². The van der Waals surface area contributed by atoms with Gasteiger partial charge in [-0.3, -0.25) is 0 Å². The van der Waals surface area contributed by atoms with Crippen LogP contribution in [0.4, 0.5) is 0 Å². The molecule has 0 atom stereocenters. The number of benzene rings is 2. The van der Waals surface area contributed by atoms with Gasteiger partial charge in [0, 0.05) is 0 Å². The lowest BCUT2D eigenvalue weighted by atomic mass is 10.0. The number of unbranched alkanes of at least 4 members (excludes halogenated alkanes) is 2. The van der Waals surface area contributed by atoms with Crippen molar-refractivity contribution >= 4 is 0 Å². The molecule has 2 rings (SSSR count). The van der Waals surface area contributed by atoms with Gasteiger partial charge in [0.05, 0.1) is 0 Å². The summed E-state index contributed by atoms with van der Waals surface area (Å²) in [5, 5.41) is 0. The zero-order chi connectivity index (χ0) is 14.9. The third kappa shape index (κ3) is 5.38. The van der Waals surface area contributed by atoms with Crippen LogP contribution >= 0.6 is 0 Å². The molecule has 0 spiro atoms. The molecular formula is C21H28. The smallest absolute Gasteiger partial charge is 0.0279 e. The van der Waals surface area contributed by atoms with Crippen molar-refractivity contribution in [1.29, 1.82) is 0 Å². The predicted octanol–water partition coefficient (Wildman–Crippen LogP) is 5.77. The molecule has 0 aliphatic carbocycles. The molecule has 0 amide bonds. The van der Waals surface area contributed by atoms with E-state index < -0.39 is 0 Å². The topological polar surface area (TPSA) is 0 Å². The van der Waals surface area contributed by atoms with Crippen LogP contribution in [0.1, 0.15) is 55.4 Å². The van der Waals surface area contributed by atoms with Crippen LogP contribution in [-0.4, -0.2) is 0 Å². The van der Waals surface area contributed by atoms with Gasteiger partial charge < -0.3 is 0 Å². The molecule has 0 heterocycles. The Morgan fingerprint density at radius 2 is 0.810 bits per heavy atom. The summed E-state index contributed by atoms with van der Waals surface area (Å²) in [4.78, 5) is 0. The summed E-state index contributed by atoms with van der Waals surface area (Å²) in [5.41, 5.74) is 5.85. The molecule has 2 aromatic carbocycles. The van der Waals surface area contributed by atoms with Crippen LogP contribution in [0.2, 0.25) is 0 Å². The summed E-state index contributed by atoms with van der Waals surface area (Å²) < 4.78 is 0. The summed E-state index contributed by atoms with van der Waals surface area (Å²) in [5.74, 6) is 0. The van der Waals surface area contributed by atoms with Gasteiger partial charge in [0.25, 0.3) is 0 Å². The predicted molar refractivity (Wildman–Crippen MR) is 92.9 cm³/mol. The van der Waals surface area contributed by atoms with E-state index in [1.165, 1.54) is 54.4 Å². The maximum atomic E-state index is 2.29. The van der Waals surface area contributed by atoms with Crippen LogP contribution in [-0.2, 0) is 25.7 Å². The van der Waals surface area contributed by atoms with Crippen molar-refractivity contribution < 1.29 is 0 Å². The van der Waals surface area contributed by atoms with Gasteiger partial charge in [0.1, 0.15) is 0 Å². The first-order valence-electron chi connectivity index (χ1n) is 8.47. The van der Waals surface area contributed by atoms with Crippen LogP contribution in [0.15, 0.2) is 48.5 Å². The number of hydrogen-bond donors (Lipinski definition) is 0. The van der Waals surface area contributed by atoms with Gasteiger partial charge in [-0.1, -0.05) is 68.8 Å². The van der Waals surface area contributed by atoms with E-state index in [1.54, 1.807) is 0 Å². The van der Waals surface area contributed by atoms with Crippen molar-refractivity contribution in [2.75, 3.05) is 0 Å². The molecule has 0 bridgehead atoms. The average Bonchev–Trinajstić information content (AvgIpc) is 2.55. The second-order valence-corrected chi connectivity index (χ2v) is 5.90. The molecule has 0 unspecified atom stereocenters. The molecule has 0 heteroatoms. The third-order valence-electron chi connectivity index (χ3n) is 4.29. The minimum Gasteiger partial charge on any atom is -0.0613 e. The summed E-state index contributed by atoms with van der Waals surface area (Å²) in [6.45, 7) is 4.42. The maximum Gasteiger partial charge on any atom is -0.0279 e. The molecule has 0 N–H and O–H groups in total. The largest absolute Gasteiger partial charge is 0.0613 e. The second kappa shape index (κ2) is 8.67. The monoisotopic (exact) mass is 280 g/mol. The van der Waals surface area contributed by atoms with Crippen LogP contribution in [0.5, 0.6) is 0 Å². The van der Waals surface area contributed by atoms with Crippen LogP contribution < -0.4 is 0 Å². The molecule has 0 radical (unpaired) electrons. The highest BCUT2D eigenvalue weighted by molar-refractivity contribution is 5.23. The van der Waals surface area contributed by atoms with Crippen molar-refractivity contribution in [2.24, 2.45) is 0 Å². The Morgan fingerprint density at radius 3 is 1.14 bits per heavy atom. The standard InChI is InChI=1S/C21H28/c1-3-18-10-14-20(15-11-18)8-6-5-7-9-21-16-12-19(4-2)13-17-21/h10-17H,3-9H2,1-2H3. The van der Waals surface area contributed by atoms with Gasteiger partial charge in [0.15, 0.2) is 0 Å². The van der Waals surface area contributed by atoms with Gasteiger partial charge >= 0.3 is 0 Å². The SMILES string of the molecule is CCc1ccc(CCCCCc2ccc(CC)cc2)cc1. The van der Waals surface area contributed by atoms with Crippen molar-refractivity contribution in [3.63, 3.8) is 0 Å². The highest BCUT2D eigenvalue weighted by Gasteiger charge is 1.97. The maximum absolute atomic E-state index is 2.29. The first-order valence-corrected chi connectivity index (χ1v) is 8.47. The Hall–Kier alpha value is -1.56. The van der Waals surface area contributed by atoms with Gasteiger partial charge in [-0.05, 0) is 60.8 Å². The zero-order valence-electron chi connectivity index (χ0n) is 13.6. The quantitative estimate of drug-likeness (QED) is 0.539. The lowest BCUT2D eigenvalue weighted by molar-refractivity contribution is 0.678. The van der Waals surface area contributed by atoms with E-state index in [-0.39, 0.29) is 0 Å². The Bertz CT molecular complexity index is 455. The number of aryl methyl sites for hydroxylation is 4.